The molecule has 0 radical (unpaired) electrons. The van der Waals surface area contributed by atoms with Gasteiger partial charge in [0.25, 0.3) is 0 Å². The molecule has 0 aliphatic heterocycles. The SMILES string of the molecule is CCC(C)(NC(=O)OCC1c2ccccc2-c2ccccc21)C(=O)Nc1ccc(C(=O)O)cc1C. The Kier molecular flexibility index (Phi) is 6.60. The second kappa shape index (κ2) is 9.62. The standard InChI is InChI=1S/C28H28N2O5/c1-4-28(3,26(33)29-24-14-13-18(25(31)32)15-17(24)2)30-27(34)35-16-23-21-11-7-5-9-19(21)20-10-6-8-12-22(20)23/h5-15,23H,4,16H2,1-3H3,(H,29,33)(H,30,34)(H,31,32). The molecule has 35 heavy (non-hydrogen) atoms. The molecular weight excluding hydrogens is 444 g/mol. The van der Waals surface area contributed by atoms with Gasteiger partial charge in [-0.05, 0) is 66.3 Å². The van der Waals surface area contributed by atoms with Gasteiger partial charge in [0.1, 0.15) is 12.1 Å². The summed E-state index contributed by atoms with van der Waals surface area (Å²) in [5.41, 5.74) is 4.50. The van der Waals surface area contributed by atoms with Crippen LogP contribution in [0.15, 0.2) is 66.7 Å². The number of hydrogen-bond acceptors (Lipinski definition) is 4. The number of anilines is 1. The molecule has 0 spiro atoms. The molecule has 1 aliphatic rings. The number of carbonyl (C=O) groups excluding carboxylic acids is 2. The highest BCUT2D eigenvalue weighted by molar-refractivity contribution is 6.00. The van der Waals surface area contributed by atoms with E-state index in [1.165, 1.54) is 12.1 Å². The highest BCUT2D eigenvalue weighted by Crippen LogP contribution is 2.44. The smallest absolute Gasteiger partial charge is 0.408 e. The van der Waals surface area contributed by atoms with Crippen LogP contribution in [-0.2, 0) is 9.53 Å². The van der Waals surface area contributed by atoms with Gasteiger partial charge < -0.3 is 20.5 Å². The van der Waals surface area contributed by atoms with Gasteiger partial charge in [-0.15, -0.1) is 0 Å². The number of carbonyl (C=O) groups is 3. The lowest BCUT2D eigenvalue weighted by atomic mass is 9.97. The number of fused-ring (bicyclic) bond motifs is 3. The third-order valence-corrected chi connectivity index (χ3v) is 6.65. The molecule has 0 saturated heterocycles. The summed E-state index contributed by atoms with van der Waals surface area (Å²) in [6, 6.07) is 20.6. The molecular formula is C28H28N2O5. The average Bonchev–Trinajstić information content (AvgIpc) is 3.17. The molecule has 3 aromatic carbocycles. The Hall–Kier alpha value is -4.13. The van der Waals surface area contributed by atoms with E-state index in [1.54, 1.807) is 26.8 Å². The van der Waals surface area contributed by atoms with E-state index in [-0.39, 0.29) is 18.1 Å². The molecule has 1 atom stereocenters. The lowest BCUT2D eigenvalue weighted by molar-refractivity contribution is -0.121. The molecule has 2 amide bonds. The van der Waals surface area contributed by atoms with Gasteiger partial charge in [-0.3, -0.25) is 4.79 Å². The molecule has 1 unspecified atom stereocenters. The van der Waals surface area contributed by atoms with Gasteiger partial charge >= 0.3 is 12.1 Å². The van der Waals surface area contributed by atoms with Gasteiger partial charge in [0.15, 0.2) is 0 Å². The number of nitrogens with one attached hydrogen (secondary N) is 2. The number of alkyl carbamates (subject to hydrolysis) is 1. The number of amides is 2. The van der Waals surface area contributed by atoms with Crippen LogP contribution in [0.4, 0.5) is 10.5 Å². The van der Waals surface area contributed by atoms with Crippen LogP contribution in [0.25, 0.3) is 11.1 Å². The van der Waals surface area contributed by atoms with E-state index < -0.39 is 23.5 Å². The topological polar surface area (TPSA) is 105 Å². The van der Waals surface area contributed by atoms with Crippen LogP contribution in [0, 0.1) is 6.92 Å². The first kappa shape index (κ1) is 24.0. The van der Waals surface area contributed by atoms with Crippen LogP contribution in [0.1, 0.15) is 53.2 Å². The Balaban J connectivity index is 1.43. The summed E-state index contributed by atoms with van der Waals surface area (Å²) >= 11 is 0. The Bertz CT molecular complexity index is 1260. The number of aromatic carboxylic acids is 1. The molecule has 1 aliphatic carbocycles. The number of benzene rings is 3. The van der Waals surface area contributed by atoms with E-state index in [4.69, 9.17) is 9.84 Å². The third-order valence-electron chi connectivity index (χ3n) is 6.65. The quantitative estimate of drug-likeness (QED) is 0.431. The number of carboxylic acid groups (broad SMARTS) is 1. The summed E-state index contributed by atoms with van der Waals surface area (Å²) in [5, 5.41) is 14.6. The van der Waals surface area contributed by atoms with Gasteiger partial charge in [0.2, 0.25) is 5.91 Å². The second-order valence-electron chi connectivity index (χ2n) is 8.93. The summed E-state index contributed by atoms with van der Waals surface area (Å²) in [6.07, 6.45) is -0.348. The number of ether oxygens (including phenoxy) is 1. The van der Waals surface area contributed by atoms with Gasteiger partial charge in [0, 0.05) is 11.6 Å². The summed E-state index contributed by atoms with van der Waals surface area (Å²) < 4.78 is 5.61. The minimum absolute atomic E-state index is 0.0785. The zero-order valence-corrected chi connectivity index (χ0v) is 19.9. The first-order chi connectivity index (χ1) is 16.7. The van der Waals surface area contributed by atoms with Crippen molar-refractivity contribution in [1.82, 2.24) is 5.32 Å². The van der Waals surface area contributed by atoms with Crippen molar-refractivity contribution in [1.29, 1.82) is 0 Å². The van der Waals surface area contributed by atoms with Gasteiger partial charge in [-0.25, -0.2) is 9.59 Å². The summed E-state index contributed by atoms with van der Waals surface area (Å²) in [5.74, 6) is -1.54. The van der Waals surface area contributed by atoms with E-state index in [1.807, 2.05) is 36.4 Å². The third kappa shape index (κ3) is 4.75. The number of aryl methyl sites for hydroxylation is 1. The van der Waals surface area contributed by atoms with E-state index in [2.05, 4.69) is 22.8 Å². The van der Waals surface area contributed by atoms with Gasteiger partial charge in [-0.2, -0.15) is 0 Å². The molecule has 3 aromatic rings. The van der Waals surface area contributed by atoms with Crippen molar-refractivity contribution in [3.63, 3.8) is 0 Å². The number of hydrogen-bond donors (Lipinski definition) is 3. The van der Waals surface area contributed by atoms with Crippen LogP contribution in [-0.4, -0.2) is 35.2 Å². The van der Waals surface area contributed by atoms with Crippen molar-refractivity contribution in [3.05, 3.63) is 89.0 Å². The Morgan fingerprint density at radius 2 is 1.57 bits per heavy atom. The van der Waals surface area contributed by atoms with Crippen molar-refractivity contribution in [2.75, 3.05) is 11.9 Å². The highest BCUT2D eigenvalue weighted by atomic mass is 16.5. The van der Waals surface area contributed by atoms with E-state index in [0.29, 0.717) is 17.7 Å². The lowest BCUT2D eigenvalue weighted by Gasteiger charge is -2.28. The fourth-order valence-corrected chi connectivity index (χ4v) is 4.36. The fraction of sp³-hybridized carbons (Fsp3) is 0.250. The number of rotatable bonds is 7. The van der Waals surface area contributed by atoms with Gasteiger partial charge in [0.05, 0.1) is 5.56 Å². The Labute approximate surface area is 204 Å². The van der Waals surface area contributed by atoms with Crippen molar-refractivity contribution < 1.29 is 24.2 Å². The van der Waals surface area contributed by atoms with Crippen molar-refractivity contribution in [2.45, 2.75) is 38.6 Å². The van der Waals surface area contributed by atoms with Crippen LogP contribution >= 0.6 is 0 Å². The van der Waals surface area contributed by atoms with Crippen molar-refractivity contribution >= 4 is 23.7 Å². The average molecular weight is 473 g/mol. The minimum Gasteiger partial charge on any atom is -0.478 e. The van der Waals surface area contributed by atoms with Crippen LogP contribution in [0.2, 0.25) is 0 Å². The number of carboxylic acids is 1. The second-order valence-corrected chi connectivity index (χ2v) is 8.93. The first-order valence-corrected chi connectivity index (χ1v) is 11.5. The molecule has 4 rings (SSSR count). The molecule has 7 nitrogen and oxygen atoms in total. The van der Waals surface area contributed by atoms with Crippen LogP contribution in [0.5, 0.6) is 0 Å². The summed E-state index contributed by atoms with van der Waals surface area (Å²) in [4.78, 5) is 37.0. The normalized spacial score (nSPS) is 13.8. The zero-order chi connectivity index (χ0) is 25.2. The Morgan fingerprint density at radius 3 is 2.11 bits per heavy atom. The minimum atomic E-state index is -1.22. The van der Waals surface area contributed by atoms with E-state index >= 15 is 0 Å². The van der Waals surface area contributed by atoms with Crippen LogP contribution < -0.4 is 10.6 Å². The molecule has 3 N–H and O–H groups in total. The molecule has 0 saturated carbocycles. The van der Waals surface area contributed by atoms with Crippen molar-refractivity contribution in [3.8, 4) is 11.1 Å². The fourth-order valence-electron chi connectivity index (χ4n) is 4.36. The monoisotopic (exact) mass is 472 g/mol. The summed E-state index contributed by atoms with van der Waals surface area (Å²) in [6.45, 7) is 5.29. The van der Waals surface area contributed by atoms with Crippen LogP contribution in [0.3, 0.4) is 0 Å². The van der Waals surface area contributed by atoms with E-state index in [9.17, 15) is 14.4 Å². The molecule has 0 aromatic heterocycles. The maximum atomic E-state index is 13.1. The van der Waals surface area contributed by atoms with E-state index in [0.717, 1.165) is 22.3 Å². The highest BCUT2D eigenvalue weighted by Gasteiger charge is 2.35. The van der Waals surface area contributed by atoms with Crippen molar-refractivity contribution in [2.24, 2.45) is 0 Å². The lowest BCUT2D eigenvalue weighted by Crippen LogP contribution is -2.54. The maximum Gasteiger partial charge on any atom is 0.408 e. The molecule has 0 fully saturated rings. The predicted molar refractivity (Wildman–Crippen MR) is 134 cm³/mol. The first-order valence-electron chi connectivity index (χ1n) is 11.5. The Morgan fingerprint density at radius 1 is 0.971 bits per heavy atom. The molecule has 180 valence electrons. The predicted octanol–water partition coefficient (Wildman–Crippen LogP) is 5.34. The molecule has 0 bridgehead atoms. The zero-order valence-electron chi connectivity index (χ0n) is 19.9. The van der Waals surface area contributed by atoms with Gasteiger partial charge in [-0.1, -0.05) is 55.5 Å². The maximum absolute atomic E-state index is 13.1. The summed E-state index contributed by atoms with van der Waals surface area (Å²) in [7, 11) is 0. The largest absolute Gasteiger partial charge is 0.478 e. The molecule has 7 heteroatoms. The molecule has 0 heterocycles.